The molecule has 1 unspecified atom stereocenters. The van der Waals surface area contributed by atoms with E-state index >= 15 is 0 Å². The molecule has 2 rings (SSSR count). The van der Waals surface area contributed by atoms with Crippen LogP contribution >= 0.6 is 0 Å². The molecule has 1 atom stereocenters. The quantitative estimate of drug-likeness (QED) is 0.602. The van der Waals surface area contributed by atoms with Gasteiger partial charge in [0, 0.05) is 13.0 Å². The second kappa shape index (κ2) is 7.89. The molecule has 1 aliphatic rings. The molecule has 1 aromatic rings. The standard InChI is InChI=1S/C18H24N2O/c1-3-5-13-18(21-4-2)14-11-17(12-15-18)20-19-16-9-7-6-8-10-16/h6-12,14H,3-5,13,15H2,1-2H3. The number of benzene rings is 1. The first-order valence-electron chi connectivity index (χ1n) is 7.78. The van der Waals surface area contributed by atoms with E-state index in [1.54, 1.807) is 0 Å². The summed E-state index contributed by atoms with van der Waals surface area (Å²) in [6.45, 7) is 5.00. The Labute approximate surface area is 127 Å². The van der Waals surface area contributed by atoms with Crippen LogP contribution in [0.2, 0.25) is 0 Å². The third-order valence-electron chi connectivity index (χ3n) is 3.64. The van der Waals surface area contributed by atoms with E-state index in [9.17, 15) is 0 Å². The zero-order valence-electron chi connectivity index (χ0n) is 13.0. The first kappa shape index (κ1) is 15.6. The molecule has 0 N–H and O–H groups in total. The van der Waals surface area contributed by atoms with Crippen molar-refractivity contribution in [2.75, 3.05) is 6.61 Å². The molecule has 1 aromatic carbocycles. The van der Waals surface area contributed by atoms with Gasteiger partial charge in [-0.1, -0.05) is 50.1 Å². The number of hydrogen-bond acceptors (Lipinski definition) is 3. The number of hydrogen-bond donors (Lipinski definition) is 0. The van der Waals surface area contributed by atoms with Crippen molar-refractivity contribution >= 4 is 5.69 Å². The van der Waals surface area contributed by atoms with Crippen LogP contribution in [-0.4, -0.2) is 12.2 Å². The fourth-order valence-electron chi connectivity index (χ4n) is 2.46. The lowest BCUT2D eigenvalue weighted by molar-refractivity contribution is -0.00748. The first-order chi connectivity index (χ1) is 10.3. The summed E-state index contributed by atoms with van der Waals surface area (Å²) in [6, 6.07) is 9.79. The smallest absolute Gasteiger partial charge is 0.0901 e. The summed E-state index contributed by atoms with van der Waals surface area (Å²) in [7, 11) is 0. The number of allylic oxidation sites excluding steroid dienone is 1. The van der Waals surface area contributed by atoms with E-state index in [0.29, 0.717) is 0 Å². The summed E-state index contributed by atoms with van der Waals surface area (Å²) >= 11 is 0. The summed E-state index contributed by atoms with van der Waals surface area (Å²) in [5.74, 6) is 0. The lowest BCUT2D eigenvalue weighted by Gasteiger charge is -2.31. The third kappa shape index (κ3) is 4.64. The Kier molecular flexibility index (Phi) is 5.88. The molecule has 21 heavy (non-hydrogen) atoms. The highest BCUT2D eigenvalue weighted by molar-refractivity contribution is 5.36. The molecular weight excluding hydrogens is 260 g/mol. The molecule has 0 aliphatic heterocycles. The monoisotopic (exact) mass is 284 g/mol. The predicted molar refractivity (Wildman–Crippen MR) is 86.7 cm³/mol. The van der Waals surface area contributed by atoms with Gasteiger partial charge in [-0.3, -0.25) is 0 Å². The summed E-state index contributed by atoms with van der Waals surface area (Å²) in [6.07, 6.45) is 10.6. The molecule has 0 heterocycles. The summed E-state index contributed by atoms with van der Waals surface area (Å²) in [5, 5.41) is 8.55. The van der Waals surface area contributed by atoms with Crippen LogP contribution in [0, 0.1) is 0 Å². The van der Waals surface area contributed by atoms with E-state index in [1.807, 2.05) is 36.4 Å². The van der Waals surface area contributed by atoms with Crippen LogP contribution in [0.4, 0.5) is 5.69 Å². The van der Waals surface area contributed by atoms with Gasteiger partial charge in [-0.25, -0.2) is 0 Å². The van der Waals surface area contributed by atoms with Gasteiger partial charge in [-0.2, -0.15) is 10.2 Å². The van der Waals surface area contributed by atoms with Crippen molar-refractivity contribution in [1.29, 1.82) is 0 Å². The fourth-order valence-corrected chi connectivity index (χ4v) is 2.46. The molecule has 0 saturated heterocycles. The Morgan fingerprint density at radius 2 is 1.95 bits per heavy atom. The Morgan fingerprint density at radius 1 is 1.14 bits per heavy atom. The average molecular weight is 284 g/mol. The molecular formula is C18H24N2O. The molecule has 1 aliphatic carbocycles. The number of azo groups is 1. The molecule has 0 amide bonds. The molecule has 0 bridgehead atoms. The van der Waals surface area contributed by atoms with E-state index in [1.165, 1.54) is 12.8 Å². The average Bonchev–Trinajstić information content (AvgIpc) is 2.54. The normalized spacial score (nSPS) is 21.7. The van der Waals surface area contributed by atoms with Crippen LogP contribution in [0.15, 0.2) is 64.5 Å². The van der Waals surface area contributed by atoms with Crippen molar-refractivity contribution in [1.82, 2.24) is 0 Å². The highest BCUT2D eigenvalue weighted by Crippen LogP contribution is 2.31. The molecule has 112 valence electrons. The first-order valence-corrected chi connectivity index (χ1v) is 7.78. The SMILES string of the molecule is CCCCC1(OCC)C=CC(N=Nc2ccccc2)=CC1. The van der Waals surface area contributed by atoms with Gasteiger partial charge in [0.05, 0.1) is 17.0 Å². The zero-order chi connectivity index (χ0) is 15.0. The highest BCUT2D eigenvalue weighted by atomic mass is 16.5. The van der Waals surface area contributed by atoms with Gasteiger partial charge in [0.1, 0.15) is 0 Å². The van der Waals surface area contributed by atoms with E-state index in [0.717, 1.165) is 30.8 Å². The largest absolute Gasteiger partial charge is 0.371 e. The van der Waals surface area contributed by atoms with E-state index < -0.39 is 0 Å². The maximum Gasteiger partial charge on any atom is 0.0901 e. The minimum Gasteiger partial charge on any atom is -0.371 e. The van der Waals surface area contributed by atoms with E-state index in [2.05, 4.69) is 36.2 Å². The number of nitrogens with zero attached hydrogens (tertiary/aromatic N) is 2. The Hall–Kier alpha value is -1.74. The van der Waals surface area contributed by atoms with Crippen molar-refractivity contribution in [2.45, 2.75) is 45.1 Å². The van der Waals surface area contributed by atoms with E-state index in [4.69, 9.17) is 4.74 Å². The minimum absolute atomic E-state index is 0.142. The van der Waals surface area contributed by atoms with Crippen LogP contribution in [0.5, 0.6) is 0 Å². The predicted octanol–water partition coefficient (Wildman–Crippen LogP) is 5.58. The number of unbranched alkanes of at least 4 members (excludes halogenated alkanes) is 1. The molecule has 3 nitrogen and oxygen atoms in total. The van der Waals surface area contributed by atoms with Crippen LogP contribution in [0.3, 0.4) is 0 Å². The molecule has 3 heteroatoms. The Morgan fingerprint density at radius 3 is 2.57 bits per heavy atom. The fraction of sp³-hybridized carbons (Fsp3) is 0.444. The zero-order valence-corrected chi connectivity index (χ0v) is 13.0. The van der Waals surface area contributed by atoms with Crippen molar-refractivity contribution in [3.8, 4) is 0 Å². The van der Waals surface area contributed by atoms with Crippen molar-refractivity contribution < 1.29 is 4.74 Å². The molecule has 0 radical (unpaired) electrons. The molecule has 0 saturated carbocycles. The number of ether oxygens (including phenoxy) is 1. The highest BCUT2D eigenvalue weighted by Gasteiger charge is 2.28. The third-order valence-corrected chi connectivity index (χ3v) is 3.64. The summed E-state index contributed by atoms with van der Waals surface area (Å²) < 4.78 is 5.98. The minimum atomic E-state index is -0.142. The summed E-state index contributed by atoms with van der Waals surface area (Å²) in [5.41, 5.74) is 1.64. The van der Waals surface area contributed by atoms with Crippen molar-refractivity contribution in [2.24, 2.45) is 10.2 Å². The molecule has 0 aromatic heterocycles. The lowest BCUT2D eigenvalue weighted by atomic mass is 9.88. The van der Waals surface area contributed by atoms with Gasteiger partial charge in [0.25, 0.3) is 0 Å². The van der Waals surface area contributed by atoms with Gasteiger partial charge < -0.3 is 4.74 Å². The van der Waals surface area contributed by atoms with E-state index in [-0.39, 0.29) is 5.60 Å². The summed E-state index contributed by atoms with van der Waals surface area (Å²) in [4.78, 5) is 0. The van der Waals surface area contributed by atoms with Crippen LogP contribution in [0.25, 0.3) is 0 Å². The topological polar surface area (TPSA) is 34.0 Å². The van der Waals surface area contributed by atoms with Crippen LogP contribution in [0.1, 0.15) is 39.5 Å². The Bertz CT molecular complexity index is 519. The van der Waals surface area contributed by atoms with Crippen LogP contribution in [-0.2, 0) is 4.74 Å². The molecule has 0 fully saturated rings. The van der Waals surface area contributed by atoms with Gasteiger partial charge in [-0.05, 0) is 31.6 Å². The van der Waals surface area contributed by atoms with Gasteiger partial charge in [-0.15, -0.1) is 0 Å². The second-order valence-corrected chi connectivity index (χ2v) is 5.30. The number of rotatable bonds is 7. The van der Waals surface area contributed by atoms with Gasteiger partial charge in [0.15, 0.2) is 0 Å². The van der Waals surface area contributed by atoms with Gasteiger partial charge >= 0.3 is 0 Å². The maximum absolute atomic E-state index is 5.98. The second-order valence-electron chi connectivity index (χ2n) is 5.30. The lowest BCUT2D eigenvalue weighted by Crippen LogP contribution is -2.31. The van der Waals surface area contributed by atoms with Crippen molar-refractivity contribution in [3.05, 3.63) is 54.3 Å². The van der Waals surface area contributed by atoms with Gasteiger partial charge in [0.2, 0.25) is 0 Å². The molecule has 0 spiro atoms. The van der Waals surface area contributed by atoms with Crippen molar-refractivity contribution in [3.63, 3.8) is 0 Å². The van der Waals surface area contributed by atoms with Crippen LogP contribution < -0.4 is 0 Å². The Balaban J connectivity index is 2.00. The maximum atomic E-state index is 5.98.